The maximum Gasteiger partial charge on any atom is 0.228 e. The summed E-state index contributed by atoms with van der Waals surface area (Å²) in [4.78, 5) is 23.8. The summed E-state index contributed by atoms with van der Waals surface area (Å²) in [5.74, 6) is -6.33. The molecule has 2 N–H and O–H groups in total. The Balaban J connectivity index is 1.98. The van der Waals surface area contributed by atoms with Gasteiger partial charge in [-0.05, 0) is 39.3 Å². The van der Waals surface area contributed by atoms with E-state index in [-0.39, 0.29) is 5.91 Å². The van der Waals surface area contributed by atoms with Crippen LogP contribution in [-0.4, -0.2) is 17.4 Å². The lowest BCUT2D eigenvalue weighted by atomic mass is 10.1. The Morgan fingerprint density at radius 3 is 2.23 bits per heavy atom. The molecule has 1 fully saturated rings. The molecule has 0 aromatic heterocycles. The summed E-state index contributed by atoms with van der Waals surface area (Å²) in [5, 5.41) is 4.94. The Kier molecular flexibility index (Phi) is 4.17. The molecule has 0 radical (unpaired) electrons. The summed E-state index contributed by atoms with van der Waals surface area (Å²) in [6, 6.07) is 1.67. The van der Waals surface area contributed by atoms with Crippen molar-refractivity contribution in [1.82, 2.24) is 5.32 Å². The van der Waals surface area contributed by atoms with Gasteiger partial charge < -0.3 is 10.6 Å². The molecule has 2 atom stereocenters. The maximum atomic E-state index is 13.5. The molecule has 2 unspecified atom stereocenters. The summed E-state index contributed by atoms with van der Waals surface area (Å²) in [5.41, 5.74) is -0.849. The van der Waals surface area contributed by atoms with Crippen molar-refractivity contribution in [3.05, 3.63) is 29.6 Å². The molecular formula is C15H17F3N2O2. The van der Waals surface area contributed by atoms with Gasteiger partial charge in [-0.1, -0.05) is 0 Å². The van der Waals surface area contributed by atoms with Crippen LogP contribution >= 0.6 is 0 Å². The van der Waals surface area contributed by atoms with E-state index in [9.17, 15) is 22.8 Å². The fourth-order valence-corrected chi connectivity index (χ4v) is 2.08. The smallest absolute Gasteiger partial charge is 0.228 e. The zero-order chi connectivity index (χ0) is 16.7. The van der Waals surface area contributed by atoms with E-state index in [0.29, 0.717) is 6.42 Å². The molecule has 4 nitrogen and oxygen atoms in total. The van der Waals surface area contributed by atoms with E-state index in [1.54, 1.807) is 0 Å². The molecule has 2 amide bonds. The average molecular weight is 314 g/mol. The minimum absolute atomic E-state index is 0.251. The van der Waals surface area contributed by atoms with E-state index in [4.69, 9.17) is 0 Å². The number of carbonyl (C=O) groups is 2. The molecule has 0 aliphatic heterocycles. The number of benzene rings is 1. The van der Waals surface area contributed by atoms with Gasteiger partial charge >= 0.3 is 0 Å². The predicted octanol–water partition coefficient (Wildman–Crippen LogP) is 2.59. The topological polar surface area (TPSA) is 58.2 Å². The first kappa shape index (κ1) is 16.3. The number of halogens is 3. The average Bonchev–Trinajstić information content (AvgIpc) is 3.18. The van der Waals surface area contributed by atoms with Gasteiger partial charge in [0.15, 0.2) is 17.5 Å². The van der Waals surface area contributed by atoms with E-state index in [1.165, 1.54) is 0 Å². The van der Waals surface area contributed by atoms with Crippen LogP contribution in [0, 0.1) is 29.3 Å². The van der Waals surface area contributed by atoms with Gasteiger partial charge in [0.25, 0.3) is 0 Å². The quantitative estimate of drug-likeness (QED) is 0.843. The molecule has 0 saturated heterocycles. The van der Waals surface area contributed by atoms with Crippen LogP contribution in [0.5, 0.6) is 0 Å². The Hall–Kier alpha value is -2.05. The van der Waals surface area contributed by atoms with Crippen molar-refractivity contribution < 1.29 is 22.8 Å². The molecule has 0 spiro atoms. The molecule has 1 aromatic rings. The summed E-state index contributed by atoms with van der Waals surface area (Å²) in [6.45, 7) is 5.46. The van der Waals surface area contributed by atoms with Gasteiger partial charge in [-0.2, -0.15) is 0 Å². The number of hydrogen-bond acceptors (Lipinski definition) is 2. The lowest BCUT2D eigenvalue weighted by Gasteiger charge is -2.20. The third kappa shape index (κ3) is 3.58. The van der Waals surface area contributed by atoms with Gasteiger partial charge in [-0.15, -0.1) is 0 Å². The van der Waals surface area contributed by atoms with Gasteiger partial charge in [0.1, 0.15) is 0 Å². The third-order valence-electron chi connectivity index (χ3n) is 3.26. The van der Waals surface area contributed by atoms with Gasteiger partial charge in [-0.25, -0.2) is 13.2 Å². The number of carbonyl (C=O) groups excluding carboxylic acids is 2. The Morgan fingerprint density at radius 1 is 1.05 bits per heavy atom. The highest BCUT2D eigenvalue weighted by atomic mass is 19.2. The number of rotatable bonds is 3. The molecule has 1 aliphatic rings. The van der Waals surface area contributed by atoms with Crippen molar-refractivity contribution in [2.24, 2.45) is 11.8 Å². The van der Waals surface area contributed by atoms with Crippen LogP contribution in [0.4, 0.5) is 18.9 Å². The second-order valence-corrected chi connectivity index (χ2v) is 6.40. The van der Waals surface area contributed by atoms with Gasteiger partial charge in [0.2, 0.25) is 11.8 Å². The highest BCUT2D eigenvalue weighted by molar-refractivity contribution is 5.99. The van der Waals surface area contributed by atoms with Crippen LogP contribution in [0.2, 0.25) is 0 Å². The summed E-state index contributed by atoms with van der Waals surface area (Å²) in [6.07, 6.45) is 0.346. The van der Waals surface area contributed by atoms with E-state index in [2.05, 4.69) is 10.6 Å². The van der Waals surface area contributed by atoms with Crippen molar-refractivity contribution in [2.75, 3.05) is 5.32 Å². The van der Waals surface area contributed by atoms with Crippen molar-refractivity contribution in [3.63, 3.8) is 0 Å². The molecule has 2 rings (SSSR count). The van der Waals surface area contributed by atoms with Crippen molar-refractivity contribution in [3.8, 4) is 0 Å². The predicted molar refractivity (Wildman–Crippen MR) is 74.4 cm³/mol. The largest absolute Gasteiger partial charge is 0.351 e. The van der Waals surface area contributed by atoms with Crippen molar-refractivity contribution >= 4 is 17.5 Å². The highest BCUT2D eigenvalue weighted by Crippen LogP contribution is 2.40. The molecule has 7 heteroatoms. The zero-order valence-corrected chi connectivity index (χ0v) is 12.5. The second-order valence-electron chi connectivity index (χ2n) is 6.40. The standard InChI is InChI=1S/C15H17F3N2O2/c1-15(2,3)20-14(22)8-6-7(8)13(21)19-10-5-4-9(16)11(17)12(10)18/h4-5,7-8H,6H2,1-3H3,(H,19,21)(H,20,22). The zero-order valence-electron chi connectivity index (χ0n) is 12.5. The first-order valence-electron chi connectivity index (χ1n) is 6.86. The van der Waals surface area contributed by atoms with Crippen LogP contribution in [-0.2, 0) is 9.59 Å². The van der Waals surface area contributed by atoms with Gasteiger partial charge in [0.05, 0.1) is 17.5 Å². The van der Waals surface area contributed by atoms with E-state index < -0.39 is 46.4 Å². The van der Waals surface area contributed by atoms with Crippen LogP contribution in [0.25, 0.3) is 0 Å². The second kappa shape index (κ2) is 5.62. The molecule has 120 valence electrons. The molecule has 0 bridgehead atoms. The fourth-order valence-electron chi connectivity index (χ4n) is 2.08. The van der Waals surface area contributed by atoms with E-state index in [0.717, 1.165) is 12.1 Å². The number of nitrogens with one attached hydrogen (secondary N) is 2. The number of anilines is 1. The summed E-state index contributed by atoms with van der Waals surface area (Å²) in [7, 11) is 0. The lowest BCUT2D eigenvalue weighted by molar-refractivity contribution is -0.126. The SMILES string of the molecule is CC(C)(C)NC(=O)C1CC1C(=O)Nc1ccc(F)c(F)c1F. The summed E-state index contributed by atoms with van der Waals surface area (Å²) >= 11 is 0. The molecule has 22 heavy (non-hydrogen) atoms. The van der Waals surface area contributed by atoms with E-state index >= 15 is 0 Å². The molecular weight excluding hydrogens is 297 g/mol. The first-order valence-corrected chi connectivity index (χ1v) is 6.86. The lowest BCUT2D eigenvalue weighted by Crippen LogP contribution is -2.42. The minimum atomic E-state index is -1.64. The highest BCUT2D eigenvalue weighted by Gasteiger charge is 2.48. The van der Waals surface area contributed by atoms with Crippen LogP contribution < -0.4 is 10.6 Å². The van der Waals surface area contributed by atoms with E-state index in [1.807, 2.05) is 20.8 Å². The Labute approximate surface area is 126 Å². The van der Waals surface area contributed by atoms with Crippen LogP contribution in [0.3, 0.4) is 0 Å². The number of amides is 2. The first-order chi connectivity index (χ1) is 10.1. The maximum absolute atomic E-state index is 13.5. The molecule has 1 saturated carbocycles. The monoisotopic (exact) mass is 314 g/mol. The third-order valence-corrected chi connectivity index (χ3v) is 3.26. The normalized spacial score (nSPS) is 20.5. The molecule has 1 aromatic carbocycles. The summed E-state index contributed by atoms with van der Waals surface area (Å²) < 4.78 is 39.4. The van der Waals surface area contributed by atoms with Gasteiger partial charge in [-0.3, -0.25) is 9.59 Å². The van der Waals surface area contributed by atoms with Crippen LogP contribution in [0.15, 0.2) is 12.1 Å². The van der Waals surface area contributed by atoms with Crippen LogP contribution in [0.1, 0.15) is 27.2 Å². The van der Waals surface area contributed by atoms with Crippen molar-refractivity contribution in [1.29, 1.82) is 0 Å². The van der Waals surface area contributed by atoms with Crippen molar-refractivity contribution in [2.45, 2.75) is 32.7 Å². The Bertz CT molecular complexity index is 626. The minimum Gasteiger partial charge on any atom is -0.351 e. The number of hydrogen-bond donors (Lipinski definition) is 2. The Morgan fingerprint density at radius 2 is 1.64 bits per heavy atom. The fraction of sp³-hybridized carbons (Fsp3) is 0.467. The molecule has 1 aliphatic carbocycles. The molecule has 0 heterocycles. The van der Waals surface area contributed by atoms with Gasteiger partial charge in [0, 0.05) is 5.54 Å².